The Bertz CT molecular complexity index is 648. The fourth-order valence-electron chi connectivity index (χ4n) is 1.86. The van der Waals surface area contributed by atoms with Crippen molar-refractivity contribution in [2.45, 2.75) is 19.5 Å². The summed E-state index contributed by atoms with van der Waals surface area (Å²) < 4.78 is 0. The van der Waals surface area contributed by atoms with E-state index in [2.05, 4.69) is 16.4 Å². The molecule has 2 aromatic rings. The molecule has 1 atom stereocenters. The van der Waals surface area contributed by atoms with E-state index < -0.39 is 0 Å². The van der Waals surface area contributed by atoms with Gasteiger partial charge in [0.2, 0.25) is 5.91 Å². The average molecular weight is 300 g/mol. The molecule has 2 rings (SSSR count). The van der Waals surface area contributed by atoms with Gasteiger partial charge in [0, 0.05) is 18.1 Å². The molecule has 5 nitrogen and oxygen atoms in total. The predicted molar refractivity (Wildman–Crippen MR) is 82.8 cm³/mol. The molecule has 0 bridgehead atoms. The van der Waals surface area contributed by atoms with Gasteiger partial charge in [-0.15, -0.1) is 11.3 Å². The highest BCUT2D eigenvalue weighted by atomic mass is 32.1. The lowest BCUT2D eigenvalue weighted by Gasteiger charge is -2.23. The van der Waals surface area contributed by atoms with Crippen LogP contribution in [0.3, 0.4) is 0 Å². The maximum atomic E-state index is 12.1. The number of likely N-dealkylation sites (N-methyl/N-ethyl adjacent to an activating group) is 1. The van der Waals surface area contributed by atoms with Crippen molar-refractivity contribution in [2.75, 3.05) is 12.4 Å². The molecule has 0 radical (unpaired) electrons. The number of nitrogens with one attached hydrogen (secondary N) is 1. The molecular formula is C15H16N4OS. The number of benzene rings is 1. The third-order valence-electron chi connectivity index (χ3n) is 3.19. The second kappa shape index (κ2) is 6.97. The number of carbonyl (C=O) groups is 1. The summed E-state index contributed by atoms with van der Waals surface area (Å²) in [5.74, 6) is -0.0936. The van der Waals surface area contributed by atoms with E-state index in [1.54, 1.807) is 12.3 Å². The number of rotatable bonds is 5. The van der Waals surface area contributed by atoms with E-state index in [1.807, 2.05) is 42.5 Å². The summed E-state index contributed by atoms with van der Waals surface area (Å²) in [6.07, 6.45) is 1.65. The first-order valence-corrected chi connectivity index (χ1v) is 7.37. The monoisotopic (exact) mass is 300 g/mol. The third kappa shape index (κ3) is 4.12. The highest BCUT2D eigenvalue weighted by Crippen LogP contribution is 2.13. The van der Waals surface area contributed by atoms with E-state index in [4.69, 9.17) is 5.26 Å². The van der Waals surface area contributed by atoms with E-state index in [9.17, 15) is 4.79 Å². The second-order valence-corrected chi connectivity index (χ2v) is 5.62. The molecule has 1 aromatic carbocycles. The molecule has 0 saturated heterocycles. The zero-order chi connectivity index (χ0) is 15.2. The number of aromatic nitrogens is 1. The molecule has 0 aliphatic heterocycles. The van der Waals surface area contributed by atoms with Crippen molar-refractivity contribution in [3.8, 4) is 6.07 Å². The number of carbonyl (C=O) groups excluding carboxylic acids is 1. The first kappa shape index (κ1) is 15.2. The van der Waals surface area contributed by atoms with Gasteiger partial charge in [-0.2, -0.15) is 5.26 Å². The average Bonchev–Trinajstić information content (AvgIpc) is 2.99. The van der Waals surface area contributed by atoms with Crippen LogP contribution in [0.5, 0.6) is 0 Å². The molecule has 0 saturated carbocycles. The maximum absolute atomic E-state index is 12.1. The van der Waals surface area contributed by atoms with Crippen LogP contribution in [0.4, 0.5) is 5.13 Å². The fourth-order valence-corrected chi connectivity index (χ4v) is 2.39. The molecule has 6 heteroatoms. The summed E-state index contributed by atoms with van der Waals surface area (Å²) in [5.41, 5.74) is 1.63. The lowest BCUT2D eigenvalue weighted by molar-refractivity contribution is -0.120. The van der Waals surface area contributed by atoms with Crippen molar-refractivity contribution in [1.29, 1.82) is 5.26 Å². The minimum absolute atomic E-state index is 0.0936. The minimum atomic E-state index is -0.292. The van der Waals surface area contributed by atoms with Crippen LogP contribution in [-0.2, 0) is 11.3 Å². The van der Waals surface area contributed by atoms with Crippen LogP contribution in [0, 0.1) is 11.3 Å². The van der Waals surface area contributed by atoms with Crippen molar-refractivity contribution < 1.29 is 4.79 Å². The van der Waals surface area contributed by atoms with Crippen LogP contribution >= 0.6 is 11.3 Å². The van der Waals surface area contributed by atoms with Gasteiger partial charge >= 0.3 is 0 Å². The van der Waals surface area contributed by atoms with Gasteiger partial charge in [0.1, 0.15) is 0 Å². The number of thiazole rings is 1. The molecule has 0 spiro atoms. The summed E-state index contributed by atoms with van der Waals surface area (Å²) in [6, 6.07) is 9.22. The number of nitrogens with zero attached hydrogens (tertiary/aromatic N) is 3. The Morgan fingerprint density at radius 2 is 2.38 bits per heavy atom. The summed E-state index contributed by atoms with van der Waals surface area (Å²) in [5, 5.41) is 14.1. The molecular weight excluding hydrogens is 284 g/mol. The molecule has 1 unspecified atom stereocenters. The molecule has 0 aliphatic rings. The topological polar surface area (TPSA) is 69.0 Å². The van der Waals surface area contributed by atoms with Crippen LogP contribution in [0.15, 0.2) is 35.8 Å². The summed E-state index contributed by atoms with van der Waals surface area (Å²) in [6.45, 7) is 2.44. The van der Waals surface area contributed by atoms with Crippen LogP contribution in [-0.4, -0.2) is 28.9 Å². The highest BCUT2D eigenvalue weighted by Gasteiger charge is 2.19. The summed E-state index contributed by atoms with van der Waals surface area (Å²) in [4.78, 5) is 18.1. The van der Waals surface area contributed by atoms with Crippen molar-refractivity contribution in [3.05, 3.63) is 47.0 Å². The third-order valence-corrected chi connectivity index (χ3v) is 3.88. The normalized spacial score (nSPS) is 11.9. The molecule has 1 N–H and O–H groups in total. The van der Waals surface area contributed by atoms with Crippen LogP contribution < -0.4 is 5.32 Å². The number of anilines is 1. The Kier molecular flexibility index (Phi) is 5.04. The van der Waals surface area contributed by atoms with Gasteiger partial charge in [-0.25, -0.2) is 4.98 Å². The van der Waals surface area contributed by atoms with Gasteiger partial charge in [-0.05, 0) is 31.7 Å². The highest BCUT2D eigenvalue weighted by molar-refractivity contribution is 7.13. The first-order chi connectivity index (χ1) is 10.1. The predicted octanol–water partition coefficient (Wildman–Crippen LogP) is 2.47. The van der Waals surface area contributed by atoms with Gasteiger partial charge in [0.25, 0.3) is 0 Å². The molecule has 0 aliphatic carbocycles. The number of nitriles is 1. The van der Waals surface area contributed by atoms with Crippen molar-refractivity contribution in [2.24, 2.45) is 0 Å². The smallest absolute Gasteiger partial charge is 0.243 e. The Morgan fingerprint density at radius 3 is 3.05 bits per heavy atom. The van der Waals surface area contributed by atoms with Crippen LogP contribution in [0.25, 0.3) is 0 Å². The Hall–Kier alpha value is -2.23. The fraction of sp³-hybridized carbons (Fsp3) is 0.267. The quantitative estimate of drug-likeness (QED) is 0.921. The van der Waals surface area contributed by atoms with Gasteiger partial charge in [0.05, 0.1) is 17.7 Å². The molecule has 1 heterocycles. The second-order valence-electron chi connectivity index (χ2n) is 4.73. The summed E-state index contributed by atoms with van der Waals surface area (Å²) in [7, 11) is 1.88. The Labute approximate surface area is 127 Å². The van der Waals surface area contributed by atoms with E-state index in [1.165, 1.54) is 11.3 Å². The van der Waals surface area contributed by atoms with Crippen LogP contribution in [0.2, 0.25) is 0 Å². The summed E-state index contributed by atoms with van der Waals surface area (Å²) >= 11 is 1.39. The molecule has 1 aromatic heterocycles. The van der Waals surface area contributed by atoms with E-state index in [-0.39, 0.29) is 11.9 Å². The van der Waals surface area contributed by atoms with Crippen LogP contribution in [0.1, 0.15) is 18.1 Å². The lowest BCUT2D eigenvalue weighted by Crippen LogP contribution is -2.39. The number of amides is 1. The van der Waals surface area contributed by atoms with Gasteiger partial charge in [-0.3, -0.25) is 9.69 Å². The van der Waals surface area contributed by atoms with Gasteiger partial charge in [0.15, 0.2) is 5.13 Å². The number of hydrogen-bond acceptors (Lipinski definition) is 5. The first-order valence-electron chi connectivity index (χ1n) is 6.50. The zero-order valence-corrected chi connectivity index (χ0v) is 12.7. The molecule has 21 heavy (non-hydrogen) atoms. The Morgan fingerprint density at radius 1 is 1.57 bits per heavy atom. The van der Waals surface area contributed by atoms with Crippen molar-refractivity contribution in [1.82, 2.24) is 9.88 Å². The van der Waals surface area contributed by atoms with E-state index in [0.29, 0.717) is 17.2 Å². The van der Waals surface area contributed by atoms with Crippen molar-refractivity contribution in [3.63, 3.8) is 0 Å². The zero-order valence-electron chi connectivity index (χ0n) is 11.9. The standard InChI is InChI=1S/C15H16N4OS/c1-11(14(20)18-15-17-6-7-21-15)19(2)10-13-5-3-4-12(8-13)9-16/h3-8,11H,10H2,1-2H3,(H,17,18,20). The van der Waals surface area contributed by atoms with Gasteiger partial charge < -0.3 is 5.32 Å². The maximum Gasteiger partial charge on any atom is 0.243 e. The van der Waals surface area contributed by atoms with E-state index in [0.717, 1.165) is 5.56 Å². The molecule has 0 fully saturated rings. The SMILES string of the molecule is CC(C(=O)Nc1nccs1)N(C)Cc1cccc(C#N)c1. The van der Waals surface area contributed by atoms with E-state index >= 15 is 0 Å². The minimum Gasteiger partial charge on any atom is -0.301 e. The number of hydrogen-bond donors (Lipinski definition) is 1. The molecule has 1 amide bonds. The lowest BCUT2D eigenvalue weighted by atomic mass is 10.1. The Balaban J connectivity index is 1.97. The largest absolute Gasteiger partial charge is 0.301 e. The molecule has 108 valence electrons. The van der Waals surface area contributed by atoms with Crippen molar-refractivity contribution >= 4 is 22.4 Å². The van der Waals surface area contributed by atoms with Gasteiger partial charge in [-0.1, -0.05) is 12.1 Å².